The van der Waals surface area contributed by atoms with Crippen LogP contribution >= 0.6 is 23.5 Å². The Morgan fingerprint density at radius 2 is 1.82 bits per heavy atom. The van der Waals surface area contributed by atoms with Crippen molar-refractivity contribution in [2.24, 2.45) is 5.41 Å². The van der Waals surface area contributed by atoms with Crippen molar-refractivity contribution >= 4 is 40.5 Å². The molecule has 1 aliphatic heterocycles. The van der Waals surface area contributed by atoms with Crippen LogP contribution in [0.15, 0.2) is 30.3 Å². The molecule has 1 saturated heterocycles. The quantitative estimate of drug-likeness (QED) is 0.715. The summed E-state index contributed by atoms with van der Waals surface area (Å²) in [6.45, 7) is 9.30. The molecule has 22 heavy (non-hydrogen) atoms. The zero-order valence-corrected chi connectivity index (χ0v) is 15.5. The minimum absolute atomic E-state index is 0.176. The molecule has 0 atom stereocenters. The predicted molar refractivity (Wildman–Crippen MR) is 104 cm³/mol. The van der Waals surface area contributed by atoms with Crippen LogP contribution in [-0.2, 0) is 0 Å². The molecule has 1 fully saturated rings. The van der Waals surface area contributed by atoms with Gasteiger partial charge in [-0.05, 0) is 48.0 Å². The fourth-order valence-corrected chi connectivity index (χ4v) is 6.38. The Morgan fingerprint density at radius 3 is 2.45 bits per heavy atom. The summed E-state index contributed by atoms with van der Waals surface area (Å²) in [6, 6.07) is 8.56. The molecule has 3 heteroatoms. The average molecular weight is 332 g/mol. The highest BCUT2D eigenvalue weighted by atomic mass is 32.2. The smallest absolute Gasteiger partial charge is 0.0843 e. The zero-order valence-electron chi connectivity index (χ0n) is 13.9. The van der Waals surface area contributed by atoms with Gasteiger partial charge in [-0.15, -0.1) is 23.5 Å². The lowest BCUT2D eigenvalue weighted by Gasteiger charge is -2.44. The fourth-order valence-electron chi connectivity index (χ4n) is 2.99. The summed E-state index contributed by atoms with van der Waals surface area (Å²) in [5.74, 6) is 2.53. The van der Waals surface area contributed by atoms with Gasteiger partial charge in [0.25, 0.3) is 0 Å². The van der Waals surface area contributed by atoms with Gasteiger partial charge in [-0.25, -0.2) is 0 Å². The standard InChI is InChI=1S/C19H25NS2/c1-14-15-8-5-6-9-17(15)20-16(14)10-11-19(18(2,3)4)21-12-7-13-22-19/h5-6,8-11,20H,7,12-13H2,1-4H3/b11-10+. The van der Waals surface area contributed by atoms with E-state index in [0.29, 0.717) is 0 Å². The topological polar surface area (TPSA) is 15.8 Å². The summed E-state index contributed by atoms with van der Waals surface area (Å²) in [5.41, 5.74) is 4.07. The predicted octanol–water partition coefficient (Wildman–Crippen LogP) is 6.10. The van der Waals surface area contributed by atoms with Gasteiger partial charge in [0.05, 0.1) is 4.08 Å². The number of fused-ring (bicyclic) bond motifs is 1. The molecule has 1 aliphatic rings. The van der Waals surface area contributed by atoms with Crippen LogP contribution in [0.3, 0.4) is 0 Å². The number of benzene rings is 1. The maximum absolute atomic E-state index is 3.57. The summed E-state index contributed by atoms with van der Waals surface area (Å²) in [5, 5.41) is 1.33. The summed E-state index contributed by atoms with van der Waals surface area (Å²) < 4.78 is 0.176. The SMILES string of the molecule is Cc1c(/C=C/C2(C(C)(C)C)SCCCS2)[nH]c2ccccc12. The molecule has 0 amide bonds. The van der Waals surface area contributed by atoms with Gasteiger partial charge in [0.2, 0.25) is 0 Å². The van der Waals surface area contributed by atoms with Gasteiger partial charge in [-0.2, -0.15) is 0 Å². The van der Waals surface area contributed by atoms with Crippen LogP contribution in [0.1, 0.15) is 38.4 Å². The molecule has 1 nitrogen and oxygen atoms in total. The summed E-state index contributed by atoms with van der Waals surface area (Å²) in [6.07, 6.45) is 6.08. The maximum atomic E-state index is 3.57. The van der Waals surface area contributed by atoms with E-state index in [9.17, 15) is 0 Å². The Balaban J connectivity index is 1.98. The zero-order chi connectivity index (χ0) is 15.8. The van der Waals surface area contributed by atoms with E-state index >= 15 is 0 Å². The number of hydrogen-bond donors (Lipinski definition) is 1. The van der Waals surface area contributed by atoms with Gasteiger partial charge in [0, 0.05) is 16.6 Å². The first kappa shape index (κ1) is 16.1. The Morgan fingerprint density at radius 1 is 1.14 bits per heavy atom. The Hall–Kier alpha value is -0.800. The van der Waals surface area contributed by atoms with Crippen molar-refractivity contribution in [1.82, 2.24) is 4.98 Å². The minimum Gasteiger partial charge on any atom is -0.355 e. The third kappa shape index (κ3) is 2.85. The van der Waals surface area contributed by atoms with E-state index in [1.807, 2.05) is 0 Å². The van der Waals surface area contributed by atoms with E-state index in [4.69, 9.17) is 0 Å². The van der Waals surface area contributed by atoms with Gasteiger partial charge in [-0.1, -0.05) is 45.0 Å². The van der Waals surface area contributed by atoms with E-state index < -0.39 is 0 Å². The third-order valence-electron chi connectivity index (χ3n) is 4.44. The van der Waals surface area contributed by atoms with Crippen molar-refractivity contribution in [3.05, 3.63) is 41.6 Å². The van der Waals surface area contributed by atoms with E-state index in [1.54, 1.807) is 0 Å². The normalized spacial score (nSPS) is 19.1. The first-order valence-electron chi connectivity index (χ1n) is 7.97. The van der Waals surface area contributed by atoms with Gasteiger partial charge >= 0.3 is 0 Å². The van der Waals surface area contributed by atoms with Crippen LogP contribution in [0.25, 0.3) is 17.0 Å². The molecule has 0 bridgehead atoms. The lowest BCUT2D eigenvalue weighted by molar-refractivity contribution is 0.408. The fraction of sp³-hybridized carbons (Fsp3) is 0.474. The van der Waals surface area contributed by atoms with Crippen molar-refractivity contribution in [3.8, 4) is 0 Å². The van der Waals surface area contributed by atoms with Crippen LogP contribution in [0.4, 0.5) is 0 Å². The molecule has 3 rings (SSSR count). The first-order valence-corrected chi connectivity index (χ1v) is 9.94. The largest absolute Gasteiger partial charge is 0.355 e. The Bertz CT molecular complexity index is 685. The number of para-hydroxylation sites is 1. The molecule has 0 aliphatic carbocycles. The second-order valence-corrected chi connectivity index (χ2v) is 9.95. The van der Waals surface area contributed by atoms with Crippen molar-refractivity contribution in [1.29, 1.82) is 0 Å². The highest BCUT2D eigenvalue weighted by Crippen LogP contribution is 2.54. The number of aromatic amines is 1. The molecule has 0 radical (unpaired) electrons. The van der Waals surface area contributed by atoms with Crippen LogP contribution in [0.5, 0.6) is 0 Å². The summed E-state index contributed by atoms with van der Waals surface area (Å²) in [7, 11) is 0. The number of nitrogens with one attached hydrogen (secondary N) is 1. The second kappa shape index (κ2) is 6.01. The first-order chi connectivity index (χ1) is 10.4. The molecule has 0 spiro atoms. The van der Waals surface area contributed by atoms with Crippen molar-refractivity contribution in [3.63, 3.8) is 0 Å². The number of rotatable bonds is 2. The van der Waals surface area contributed by atoms with E-state index in [0.717, 1.165) is 0 Å². The molecule has 1 N–H and O–H groups in total. The van der Waals surface area contributed by atoms with Crippen LogP contribution < -0.4 is 0 Å². The number of aryl methyl sites for hydroxylation is 1. The van der Waals surface area contributed by atoms with Gasteiger partial charge in [0.1, 0.15) is 0 Å². The molecule has 118 valence electrons. The lowest BCUT2D eigenvalue weighted by Crippen LogP contribution is -2.37. The summed E-state index contributed by atoms with van der Waals surface area (Å²) >= 11 is 4.22. The maximum Gasteiger partial charge on any atom is 0.0843 e. The van der Waals surface area contributed by atoms with Gasteiger partial charge < -0.3 is 4.98 Å². The number of aromatic nitrogens is 1. The van der Waals surface area contributed by atoms with Crippen molar-refractivity contribution in [2.75, 3.05) is 11.5 Å². The lowest BCUT2D eigenvalue weighted by atomic mass is 9.90. The van der Waals surface area contributed by atoms with Crippen LogP contribution in [-0.4, -0.2) is 20.6 Å². The van der Waals surface area contributed by atoms with E-state index in [2.05, 4.69) is 92.6 Å². The molecule has 0 saturated carbocycles. The Kier molecular flexibility index (Phi) is 4.39. The molecular formula is C19H25NS2. The molecule has 2 heterocycles. The highest BCUT2D eigenvalue weighted by molar-refractivity contribution is 8.19. The van der Waals surface area contributed by atoms with E-state index in [1.165, 1.54) is 40.1 Å². The molecule has 0 unspecified atom stereocenters. The third-order valence-corrected chi connectivity index (χ3v) is 8.49. The second-order valence-electron chi connectivity index (χ2n) is 7.01. The van der Waals surface area contributed by atoms with Crippen molar-refractivity contribution in [2.45, 2.75) is 38.2 Å². The molecular weight excluding hydrogens is 306 g/mol. The number of H-pyrrole nitrogens is 1. The van der Waals surface area contributed by atoms with E-state index in [-0.39, 0.29) is 9.49 Å². The minimum atomic E-state index is 0.176. The Labute approximate surface area is 142 Å². The molecule has 1 aromatic heterocycles. The number of thioether (sulfide) groups is 2. The summed E-state index contributed by atoms with van der Waals surface area (Å²) in [4.78, 5) is 3.57. The monoisotopic (exact) mass is 331 g/mol. The average Bonchev–Trinajstić information content (AvgIpc) is 2.82. The number of hydrogen-bond acceptors (Lipinski definition) is 2. The van der Waals surface area contributed by atoms with Gasteiger partial charge in [-0.3, -0.25) is 0 Å². The van der Waals surface area contributed by atoms with Gasteiger partial charge in [0.15, 0.2) is 0 Å². The highest BCUT2D eigenvalue weighted by Gasteiger charge is 2.42. The molecule has 2 aromatic rings. The van der Waals surface area contributed by atoms with Crippen LogP contribution in [0.2, 0.25) is 0 Å². The molecule has 1 aromatic carbocycles. The van der Waals surface area contributed by atoms with Crippen molar-refractivity contribution < 1.29 is 0 Å². The van der Waals surface area contributed by atoms with Crippen LogP contribution in [0, 0.1) is 12.3 Å².